The van der Waals surface area contributed by atoms with Crippen molar-refractivity contribution in [2.45, 2.75) is 64.8 Å². The lowest BCUT2D eigenvalue weighted by Gasteiger charge is -2.05. The van der Waals surface area contributed by atoms with Crippen LogP contribution in [0.1, 0.15) is 58.8 Å². The Labute approximate surface area is 83.4 Å². The minimum Gasteiger partial charge on any atom is -0.327 e. The first-order valence-corrected chi connectivity index (χ1v) is 5.71. The Balaban J connectivity index is 3.19. The molecular weight excluding hydrogens is 158 g/mol. The molecule has 0 aromatic carbocycles. The van der Waals surface area contributed by atoms with E-state index in [9.17, 15) is 0 Å². The van der Waals surface area contributed by atoms with E-state index in [1.54, 1.807) is 0 Å². The van der Waals surface area contributed by atoms with Crippen molar-refractivity contribution in [1.29, 1.82) is 0 Å². The zero-order chi connectivity index (χ0) is 9.94. The summed E-state index contributed by atoms with van der Waals surface area (Å²) in [4.78, 5) is 0. The molecular formula is C12H25N. The molecule has 78 valence electrons. The van der Waals surface area contributed by atoms with Gasteiger partial charge in [-0.05, 0) is 25.7 Å². The highest BCUT2D eigenvalue weighted by Gasteiger charge is 1.95. The number of nitrogens with two attached hydrogens (primary N) is 1. The SMILES string of the molecule is CCCCC/C=C/CC(N)CCC. The summed E-state index contributed by atoms with van der Waals surface area (Å²) < 4.78 is 0. The summed E-state index contributed by atoms with van der Waals surface area (Å²) >= 11 is 0. The molecule has 0 saturated carbocycles. The number of unbranched alkanes of at least 4 members (excludes halogenated alkanes) is 3. The summed E-state index contributed by atoms with van der Waals surface area (Å²) in [6, 6.07) is 0.382. The van der Waals surface area contributed by atoms with Crippen LogP contribution in [0.15, 0.2) is 12.2 Å². The van der Waals surface area contributed by atoms with Crippen LogP contribution >= 0.6 is 0 Å². The summed E-state index contributed by atoms with van der Waals surface area (Å²) in [6.07, 6.45) is 13.2. The molecule has 0 aliphatic heterocycles. The Bertz CT molecular complexity index is 118. The van der Waals surface area contributed by atoms with E-state index in [2.05, 4.69) is 26.0 Å². The second-order valence-corrected chi connectivity index (χ2v) is 3.75. The summed E-state index contributed by atoms with van der Waals surface area (Å²) in [7, 11) is 0. The number of rotatable bonds is 8. The van der Waals surface area contributed by atoms with E-state index in [0.29, 0.717) is 6.04 Å². The number of hydrogen-bond acceptors (Lipinski definition) is 1. The molecule has 0 aliphatic rings. The molecule has 0 aliphatic carbocycles. The van der Waals surface area contributed by atoms with Crippen LogP contribution in [0.25, 0.3) is 0 Å². The van der Waals surface area contributed by atoms with Gasteiger partial charge in [0.05, 0.1) is 0 Å². The number of allylic oxidation sites excluding steroid dienone is 1. The van der Waals surface area contributed by atoms with Crippen LogP contribution in [0.4, 0.5) is 0 Å². The smallest absolute Gasteiger partial charge is 0.00733 e. The zero-order valence-electron chi connectivity index (χ0n) is 9.26. The van der Waals surface area contributed by atoms with Crippen molar-refractivity contribution >= 4 is 0 Å². The Hall–Kier alpha value is -0.300. The van der Waals surface area contributed by atoms with Crippen LogP contribution in [0.5, 0.6) is 0 Å². The molecule has 2 N–H and O–H groups in total. The highest BCUT2D eigenvalue weighted by Crippen LogP contribution is 2.03. The van der Waals surface area contributed by atoms with E-state index in [4.69, 9.17) is 5.73 Å². The number of hydrogen-bond donors (Lipinski definition) is 1. The normalized spacial score (nSPS) is 13.8. The Morgan fingerprint density at radius 1 is 1.08 bits per heavy atom. The summed E-state index contributed by atoms with van der Waals surface area (Å²) in [5.74, 6) is 0. The van der Waals surface area contributed by atoms with E-state index < -0.39 is 0 Å². The van der Waals surface area contributed by atoms with Gasteiger partial charge in [0.1, 0.15) is 0 Å². The fourth-order valence-electron chi connectivity index (χ4n) is 1.39. The Morgan fingerprint density at radius 3 is 2.46 bits per heavy atom. The highest BCUT2D eigenvalue weighted by molar-refractivity contribution is 4.85. The first kappa shape index (κ1) is 12.7. The zero-order valence-corrected chi connectivity index (χ0v) is 9.26. The van der Waals surface area contributed by atoms with E-state index in [-0.39, 0.29) is 0 Å². The van der Waals surface area contributed by atoms with Gasteiger partial charge in [0.25, 0.3) is 0 Å². The van der Waals surface area contributed by atoms with Crippen molar-refractivity contribution in [3.8, 4) is 0 Å². The van der Waals surface area contributed by atoms with Gasteiger partial charge in [0.2, 0.25) is 0 Å². The monoisotopic (exact) mass is 183 g/mol. The third kappa shape index (κ3) is 9.62. The Kier molecular flexibility index (Phi) is 9.56. The van der Waals surface area contributed by atoms with Gasteiger partial charge in [-0.25, -0.2) is 0 Å². The maximum atomic E-state index is 5.87. The van der Waals surface area contributed by atoms with Crippen molar-refractivity contribution < 1.29 is 0 Å². The van der Waals surface area contributed by atoms with E-state index in [0.717, 1.165) is 12.8 Å². The van der Waals surface area contributed by atoms with Crippen LogP contribution in [0.3, 0.4) is 0 Å². The lowest BCUT2D eigenvalue weighted by Crippen LogP contribution is -2.17. The van der Waals surface area contributed by atoms with Crippen LogP contribution < -0.4 is 5.73 Å². The van der Waals surface area contributed by atoms with Crippen molar-refractivity contribution in [3.05, 3.63) is 12.2 Å². The second kappa shape index (κ2) is 9.79. The quantitative estimate of drug-likeness (QED) is 0.451. The van der Waals surface area contributed by atoms with Crippen LogP contribution in [0.2, 0.25) is 0 Å². The van der Waals surface area contributed by atoms with Crippen molar-refractivity contribution in [3.63, 3.8) is 0 Å². The third-order valence-corrected chi connectivity index (χ3v) is 2.24. The minimum atomic E-state index is 0.382. The average molecular weight is 183 g/mol. The summed E-state index contributed by atoms with van der Waals surface area (Å²) in [5.41, 5.74) is 5.87. The van der Waals surface area contributed by atoms with Crippen molar-refractivity contribution in [1.82, 2.24) is 0 Å². The standard InChI is InChI=1S/C12H25N/c1-3-5-6-7-8-9-11-12(13)10-4-2/h8-9,12H,3-7,10-11,13H2,1-2H3/b9-8+. The second-order valence-electron chi connectivity index (χ2n) is 3.75. The molecule has 1 nitrogen and oxygen atoms in total. The van der Waals surface area contributed by atoms with Gasteiger partial charge in [-0.2, -0.15) is 0 Å². The van der Waals surface area contributed by atoms with Crippen LogP contribution in [-0.2, 0) is 0 Å². The maximum Gasteiger partial charge on any atom is 0.00733 e. The first-order chi connectivity index (χ1) is 6.31. The molecule has 1 unspecified atom stereocenters. The fourth-order valence-corrected chi connectivity index (χ4v) is 1.39. The van der Waals surface area contributed by atoms with Crippen molar-refractivity contribution in [2.75, 3.05) is 0 Å². The van der Waals surface area contributed by atoms with Gasteiger partial charge < -0.3 is 5.73 Å². The van der Waals surface area contributed by atoms with Gasteiger partial charge in [-0.1, -0.05) is 45.3 Å². The van der Waals surface area contributed by atoms with Gasteiger partial charge in [0.15, 0.2) is 0 Å². The van der Waals surface area contributed by atoms with Gasteiger partial charge >= 0.3 is 0 Å². The fraction of sp³-hybridized carbons (Fsp3) is 0.833. The molecule has 0 fully saturated rings. The van der Waals surface area contributed by atoms with Gasteiger partial charge in [-0.15, -0.1) is 0 Å². The molecule has 0 rings (SSSR count). The summed E-state index contributed by atoms with van der Waals surface area (Å²) in [5, 5.41) is 0. The van der Waals surface area contributed by atoms with E-state index >= 15 is 0 Å². The molecule has 0 amide bonds. The van der Waals surface area contributed by atoms with Gasteiger partial charge in [-0.3, -0.25) is 0 Å². The predicted octanol–water partition coefficient (Wildman–Crippen LogP) is 3.64. The van der Waals surface area contributed by atoms with Crippen molar-refractivity contribution in [2.24, 2.45) is 5.73 Å². The highest BCUT2D eigenvalue weighted by atomic mass is 14.6. The summed E-state index contributed by atoms with van der Waals surface area (Å²) in [6.45, 7) is 4.42. The molecule has 0 aromatic rings. The molecule has 0 spiro atoms. The molecule has 0 radical (unpaired) electrons. The minimum absolute atomic E-state index is 0.382. The first-order valence-electron chi connectivity index (χ1n) is 5.71. The lowest BCUT2D eigenvalue weighted by atomic mass is 10.1. The molecule has 0 heterocycles. The van der Waals surface area contributed by atoms with Crippen LogP contribution in [-0.4, -0.2) is 6.04 Å². The molecule has 13 heavy (non-hydrogen) atoms. The van der Waals surface area contributed by atoms with Gasteiger partial charge in [0, 0.05) is 6.04 Å². The average Bonchev–Trinajstić information content (AvgIpc) is 2.11. The maximum absolute atomic E-state index is 5.87. The predicted molar refractivity (Wildman–Crippen MR) is 60.8 cm³/mol. The van der Waals surface area contributed by atoms with E-state index in [1.807, 2.05) is 0 Å². The molecule has 1 heteroatoms. The topological polar surface area (TPSA) is 26.0 Å². The van der Waals surface area contributed by atoms with E-state index in [1.165, 1.54) is 32.1 Å². The molecule has 1 atom stereocenters. The molecule has 0 saturated heterocycles. The largest absolute Gasteiger partial charge is 0.327 e. The molecule has 0 bridgehead atoms. The third-order valence-electron chi connectivity index (χ3n) is 2.24. The molecule has 0 aromatic heterocycles. The lowest BCUT2D eigenvalue weighted by molar-refractivity contribution is 0.609. The Morgan fingerprint density at radius 2 is 1.85 bits per heavy atom. The van der Waals surface area contributed by atoms with Crippen LogP contribution in [0, 0.1) is 0 Å².